The Morgan fingerprint density at radius 3 is 2.59 bits per heavy atom. The van der Waals surface area contributed by atoms with E-state index < -0.39 is 28.6 Å². The van der Waals surface area contributed by atoms with E-state index in [9.17, 15) is 22.2 Å². The third-order valence-corrected chi connectivity index (χ3v) is 7.24. The van der Waals surface area contributed by atoms with Gasteiger partial charge in [-0.1, -0.05) is 36.8 Å². The highest BCUT2D eigenvalue weighted by molar-refractivity contribution is 7.85. The van der Waals surface area contributed by atoms with Crippen molar-refractivity contribution in [2.45, 2.75) is 31.7 Å². The number of fused-ring (bicyclic) bond motifs is 2. The number of hydroxylamine groups is 1. The number of aryl methyl sites for hydroxylation is 2. The van der Waals surface area contributed by atoms with Gasteiger partial charge in [0.15, 0.2) is 10.7 Å². The van der Waals surface area contributed by atoms with Gasteiger partial charge in [-0.15, -0.1) is 0 Å². The number of nitrogens with one attached hydrogen (secondary N) is 1. The van der Waals surface area contributed by atoms with Gasteiger partial charge in [0.05, 0.1) is 40.2 Å². The van der Waals surface area contributed by atoms with Gasteiger partial charge in [-0.2, -0.15) is 18.3 Å². The van der Waals surface area contributed by atoms with Crippen LogP contribution in [0, 0.1) is 6.92 Å². The quantitative estimate of drug-likeness (QED) is 0.301. The van der Waals surface area contributed by atoms with Crippen LogP contribution in [-0.4, -0.2) is 45.0 Å². The molecule has 1 aromatic carbocycles. The van der Waals surface area contributed by atoms with Crippen molar-refractivity contribution in [1.29, 1.82) is 0 Å². The Bertz CT molecular complexity index is 1730. The van der Waals surface area contributed by atoms with Crippen LogP contribution in [0.2, 0.25) is 0 Å². The lowest BCUT2D eigenvalue weighted by molar-refractivity contribution is -0.141. The molecule has 10 nitrogen and oxygen atoms in total. The lowest BCUT2D eigenvalue weighted by Crippen LogP contribution is -2.26. The number of rotatable bonds is 7. The van der Waals surface area contributed by atoms with Gasteiger partial charge in [-0.3, -0.25) is 13.8 Å². The Hall–Kier alpha value is -4.17. The van der Waals surface area contributed by atoms with Gasteiger partial charge >= 0.3 is 6.18 Å². The molecule has 14 heteroatoms. The average Bonchev–Trinajstić information content (AvgIpc) is 3.45. The zero-order valence-corrected chi connectivity index (χ0v) is 21.8. The van der Waals surface area contributed by atoms with Crippen molar-refractivity contribution in [3.05, 3.63) is 71.3 Å². The molecule has 5 rings (SSSR count). The minimum atomic E-state index is -4.64. The van der Waals surface area contributed by atoms with Crippen LogP contribution in [0.3, 0.4) is 0 Å². The second-order valence-electron chi connectivity index (χ2n) is 8.64. The van der Waals surface area contributed by atoms with Crippen LogP contribution in [0.25, 0.3) is 28.1 Å². The van der Waals surface area contributed by atoms with Gasteiger partial charge in [0.25, 0.3) is 5.91 Å². The number of benzene rings is 1. The van der Waals surface area contributed by atoms with Crippen molar-refractivity contribution < 1.29 is 27.0 Å². The van der Waals surface area contributed by atoms with Crippen molar-refractivity contribution in [3.8, 4) is 11.4 Å². The Labute approximate surface area is 222 Å². The fourth-order valence-corrected chi connectivity index (χ4v) is 4.83. The normalized spacial score (nSPS) is 12.8. The summed E-state index contributed by atoms with van der Waals surface area (Å²) in [5.41, 5.74) is 4.04. The summed E-state index contributed by atoms with van der Waals surface area (Å²) in [6, 6.07) is 9.87. The standard InChI is InChI=1S/C25H22F3N7O3S/c1-4-39(37)24-20(22-31-16-11-19(25(26,27)28)30-12-18(16)34(22)3)21-29-10-9-17(35(21)32-24)23(36)33-38-13-15-7-5-14(2)6-8-15/h5-12H,4,13H2,1-3H3,(H,33,36). The molecule has 1 atom stereocenters. The van der Waals surface area contributed by atoms with Crippen LogP contribution < -0.4 is 5.48 Å². The summed E-state index contributed by atoms with van der Waals surface area (Å²) in [5.74, 6) is -0.248. The van der Waals surface area contributed by atoms with Gasteiger partial charge in [0.2, 0.25) is 0 Å². The second-order valence-corrected chi connectivity index (χ2v) is 10.3. The maximum absolute atomic E-state index is 13.2. The fourth-order valence-electron chi connectivity index (χ4n) is 3.98. The van der Waals surface area contributed by atoms with Gasteiger partial charge in [0.1, 0.15) is 17.2 Å². The maximum atomic E-state index is 13.2. The highest BCUT2D eigenvalue weighted by Crippen LogP contribution is 2.34. The summed E-state index contributed by atoms with van der Waals surface area (Å²) < 4.78 is 55.5. The number of pyridine rings is 1. The third kappa shape index (κ3) is 5.00. The molecular weight excluding hydrogens is 535 g/mol. The van der Waals surface area contributed by atoms with Crippen LogP contribution in [-0.2, 0) is 35.5 Å². The molecular formula is C25H22F3N7O3S. The number of hydrogen-bond acceptors (Lipinski definition) is 7. The molecule has 1 unspecified atom stereocenters. The highest BCUT2D eigenvalue weighted by atomic mass is 32.2. The first kappa shape index (κ1) is 26.4. The number of aromatic nitrogens is 6. The van der Waals surface area contributed by atoms with Gasteiger partial charge in [-0.05, 0) is 24.6 Å². The molecule has 0 saturated carbocycles. The Morgan fingerprint density at radius 2 is 1.90 bits per heavy atom. The number of nitrogens with zero attached hydrogens (tertiary/aromatic N) is 6. The molecule has 0 aliphatic rings. The summed E-state index contributed by atoms with van der Waals surface area (Å²) in [6.45, 7) is 3.78. The number of carbonyl (C=O) groups excluding carboxylic acids is 1. The fraction of sp³-hybridized carbons (Fsp3) is 0.240. The van der Waals surface area contributed by atoms with E-state index in [1.807, 2.05) is 31.2 Å². The van der Waals surface area contributed by atoms with Crippen LogP contribution >= 0.6 is 0 Å². The summed E-state index contributed by atoms with van der Waals surface area (Å²) in [5, 5.41) is 4.50. The summed E-state index contributed by atoms with van der Waals surface area (Å²) in [6.07, 6.45) is -2.19. The molecule has 1 amide bonds. The number of carbonyl (C=O) groups is 1. The molecule has 4 aromatic heterocycles. The predicted octanol–water partition coefficient (Wildman–Crippen LogP) is 3.99. The zero-order valence-electron chi connectivity index (χ0n) is 21.0. The highest BCUT2D eigenvalue weighted by Gasteiger charge is 2.33. The van der Waals surface area contributed by atoms with Gasteiger partial charge in [-0.25, -0.2) is 24.9 Å². The Morgan fingerprint density at radius 1 is 1.15 bits per heavy atom. The average molecular weight is 558 g/mol. The van der Waals surface area contributed by atoms with E-state index in [4.69, 9.17) is 4.84 Å². The maximum Gasteiger partial charge on any atom is 0.433 e. The number of hydrogen-bond donors (Lipinski definition) is 1. The first-order valence-corrected chi connectivity index (χ1v) is 13.0. The Kier molecular flexibility index (Phi) is 6.91. The predicted molar refractivity (Wildman–Crippen MR) is 136 cm³/mol. The summed E-state index contributed by atoms with van der Waals surface area (Å²) in [7, 11) is -0.0266. The van der Waals surface area contributed by atoms with E-state index in [1.54, 1.807) is 14.0 Å². The lowest BCUT2D eigenvalue weighted by Gasteiger charge is -2.07. The number of alkyl halides is 3. The van der Waals surface area contributed by atoms with Crippen molar-refractivity contribution in [2.24, 2.45) is 7.05 Å². The molecule has 0 aliphatic carbocycles. The van der Waals surface area contributed by atoms with E-state index >= 15 is 0 Å². The molecule has 4 heterocycles. The molecule has 0 aliphatic heterocycles. The van der Waals surface area contributed by atoms with Gasteiger partial charge in [0, 0.05) is 19.0 Å². The molecule has 0 spiro atoms. The summed E-state index contributed by atoms with van der Waals surface area (Å²) in [4.78, 5) is 30.6. The molecule has 0 radical (unpaired) electrons. The minimum Gasteiger partial charge on any atom is -0.326 e. The van der Waals surface area contributed by atoms with Crippen molar-refractivity contribution in [2.75, 3.05) is 5.75 Å². The Balaban J connectivity index is 1.56. The largest absolute Gasteiger partial charge is 0.433 e. The lowest BCUT2D eigenvalue weighted by atomic mass is 10.2. The van der Waals surface area contributed by atoms with E-state index in [0.717, 1.165) is 23.4 Å². The number of imidazole rings is 1. The monoisotopic (exact) mass is 557 g/mol. The van der Waals surface area contributed by atoms with E-state index in [-0.39, 0.29) is 45.6 Å². The first-order valence-electron chi connectivity index (χ1n) is 11.7. The van der Waals surface area contributed by atoms with Crippen LogP contribution in [0.1, 0.15) is 34.2 Å². The van der Waals surface area contributed by atoms with Crippen molar-refractivity contribution in [3.63, 3.8) is 0 Å². The van der Waals surface area contributed by atoms with Crippen molar-refractivity contribution in [1.82, 2.24) is 34.6 Å². The molecule has 39 heavy (non-hydrogen) atoms. The smallest absolute Gasteiger partial charge is 0.326 e. The van der Waals surface area contributed by atoms with Crippen LogP contribution in [0.5, 0.6) is 0 Å². The third-order valence-electron chi connectivity index (χ3n) is 6.00. The van der Waals surface area contributed by atoms with Crippen LogP contribution in [0.15, 0.2) is 53.8 Å². The van der Waals surface area contributed by atoms with E-state index in [2.05, 4.69) is 25.5 Å². The zero-order chi connectivity index (χ0) is 27.9. The second kappa shape index (κ2) is 10.2. The minimum absolute atomic E-state index is 0.0424. The van der Waals surface area contributed by atoms with Crippen LogP contribution in [0.4, 0.5) is 13.2 Å². The molecule has 1 N–H and O–H groups in total. The molecule has 202 valence electrons. The first-order chi connectivity index (χ1) is 18.6. The SMILES string of the molecule is CCS(=O)c1nn2c(C(=O)NOCc3ccc(C)cc3)ccnc2c1-c1nc2cc(C(F)(F)F)ncc2n1C. The van der Waals surface area contributed by atoms with E-state index in [0.29, 0.717) is 5.52 Å². The topological polar surface area (TPSA) is 116 Å². The van der Waals surface area contributed by atoms with E-state index in [1.165, 1.54) is 21.3 Å². The molecule has 0 bridgehead atoms. The molecule has 0 fully saturated rings. The molecule has 5 aromatic rings. The van der Waals surface area contributed by atoms with Crippen molar-refractivity contribution >= 4 is 33.4 Å². The number of halogens is 3. The number of amides is 1. The van der Waals surface area contributed by atoms with Gasteiger partial charge < -0.3 is 4.57 Å². The molecule has 0 saturated heterocycles. The summed E-state index contributed by atoms with van der Waals surface area (Å²) >= 11 is 0.